The van der Waals surface area contributed by atoms with E-state index in [1.54, 1.807) is 30.3 Å². The second-order valence-electron chi connectivity index (χ2n) is 5.14. The fourth-order valence-corrected chi connectivity index (χ4v) is 2.87. The number of carbonyl (C=O) groups is 1. The van der Waals surface area contributed by atoms with Crippen molar-refractivity contribution in [2.75, 3.05) is 18.7 Å². The Morgan fingerprint density at radius 3 is 2.57 bits per heavy atom. The molecule has 3 rings (SSSR count). The van der Waals surface area contributed by atoms with Crippen molar-refractivity contribution >= 4 is 17.2 Å². The van der Waals surface area contributed by atoms with E-state index in [1.165, 1.54) is 30.2 Å². The van der Waals surface area contributed by atoms with Crippen LogP contribution in [0, 0.1) is 10.1 Å². The lowest BCUT2D eigenvalue weighted by Crippen LogP contribution is -2.48. The summed E-state index contributed by atoms with van der Waals surface area (Å²) in [6.45, 7) is -0.0920. The number of ketones is 1. The molecular formula is C16H14N2O5. The number of nitro benzene ring substituents is 1. The van der Waals surface area contributed by atoms with Gasteiger partial charge in [-0.1, -0.05) is 24.3 Å². The maximum atomic E-state index is 12.8. The lowest BCUT2D eigenvalue weighted by molar-refractivity contribution is -0.386. The van der Waals surface area contributed by atoms with Crippen molar-refractivity contribution in [1.29, 1.82) is 0 Å². The number of para-hydroxylation sites is 2. The van der Waals surface area contributed by atoms with E-state index >= 15 is 0 Å². The van der Waals surface area contributed by atoms with Gasteiger partial charge in [0.1, 0.15) is 6.73 Å². The van der Waals surface area contributed by atoms with Crippen LogP contribution in [0.2, 0.25) is 0 Å². The second-order valence-corrected chi connectivity index (χ2v) is 5.14. The first-order valence-corrected chi connectivity index (χ1v) is 6.88. The minimum absolute atomic E-state index is 0.0803. The molecule has 7 heteroatoms. The van der Waals surface area contributed by atoms with Crippen LogP contribution in [-0.4, -0.2) is 29.7 Å². The first-order valence-electron chi connectivity index (χ1n) is 6.88. The Morgan fingerprint density at radius 2 is 1.87 bits per heavy atom. The number of hydrogen-bond acceptors (Lipinski definition) is 6. The Morgan fingerprint density at radius 1 is 1.22 bits per heavy atom. The summed E-state index contributed by atoms with van der Waals surface area (Å²) in [6.07, 6.45) is 0. The summed E-state index contributed by atoms with van der Waals surface area (Å²) < 4.78 is 5.09. The molecule has 0 spiro atoms. The van der Waals surface area contributed by atoms with E-state index in [-0.39, 0.29) is 18.0 Å². The highest BCUT2D eigenvalue weighted by Crippen LogP contribution is 2.45. The van der Waals surface area contributed by atoms with Crippen molar-refractivity contribution in [2.24, 2.45) is 0 Å². The predicted octanol–water partition coefficient (Wildman–Crippen LogP) is 2.05. The van der Waals surface area contributed by atoms with Gasteiger partial charge in [0.15, 0.2) is 0 Å². The standard InChI is InChI=1S/C16H14N2O5/c1-23-10-17-13-8-4-2-6-11(13)15(19)16(17,20)12-7-3-5-9-14(12)18(21)22/h2-9,20H,10H2,1H3. The summed E-state index contributed by atoms with van der Waals surface area (Å²) in [5, 5.41) is 22.5. The number of fused-ring (bicyclic) bond motifs is 1. The Hall–Kier alpha value is -2.77. The molecule has 0 bridgehead atoms. The van der Waals surface area contributed by atoms with E-state index < -0.39 is 16.4 Å². The van der Waals surface area contributed by atoms with Gasteiger partial charge in [0.2, 0.25) is 11.5 Å². The van der Waals surface area contributed by atoms with Crippen molar-refractivity contribution in [2.45, 2.75) is 5.72 Å². The average Bonchev–Trinajstić information content (AvgIpc) is 2.78. The number of nitrogens with zero attached hydrogens (tertiary/aromatic N) is 2. The minimum Gasteiger partial charge on any atom is -0.364 e. The highest BCUT2D eigenvalue weighted by molar-refractivity contribution is 6.13. The fourth-order valence-electron chi connectivity index (χ4n) is 2.87. The lowest BCUT2D eigenvalue weighted by Gasteiger charge is -2.33. The number of hydrogen-bond donors (Lipinski definition) is 1. The van der Waals surface area contributed by atoms with Gasteiger partial charge in [-0.3, -0.25) is 14.9 Å². The van der Waals surface area contributed by atoms with Crippen molar-refractivity contribution in [3.8, 4) is 0 Å². The fraction of sp³-hybridized carbons (Fsp3) is 0.188. The Labute approximate surface area is 131 Å². The molecule has 0 aromatic heterocycles. The van der Waals surface area contributed by atoms with Crippen LogP contribution in [-0.2, 0) is 10.5 Å². The molecule has 7 nitrogen and oxygen atoms in total. The Bertz CT molecular complexity index is 792. The molecule has 2 aromatic carbocycles. The predicted molar refractivity (Wildman–Crippen MR) is 82.1 cm³/mol. The van der Waals surface area contributed by atoms with Crippen LogP contribution >= 0.6 is 0 Å². The van der Waals surface area contributed by atoms with Gasteiger partial charge < -0.3 is 14.7 Å². The van der Waals surface area contributed by atoms with Crippen LogP contribution in [0.4, 0.5) is 11.4 Å². The Balaban J connectivity index is 2.25. The van der Waals surface area contributed by atoms with Crippen LogP contribution in [0.5, 0.6) is 0 Å². The van der Waals surface area contributed by atoms with Gasteiger partial charge in [-0.15, -0.1) is 0 Å². The van der Waals surface area contributed by atoms with Crippen LogP contribution < -0.4 is 4.90 Å². The number of methoxy groups -OCH3 is 1. The molecule has 1 N–H and O–H groups in total. The van der Waals surface area contributed by atoms with Gasteiger partial charge in [-0.2, -0.15) is 0 Å². The van der Waals surface area contributed by atoms with Gasteiger partial charge >= 0.3 is 0 Å². The number of ether oxygens (including phenoxy) is 1. The molecule has 1 heterocycles. The molecule has 23 heavy (non-hydrogen) atoms. The number of Topliss-reactive ketones (excluding diaryl/α,β-unsaturated/α-hetero) is 1. The lowest BCUT2D eigenvalue weighted by atomic mass is 9.95. The summed E-state index contributed by atoms with van der Waals surface area (Å²) in [7, 11) is 1.42. The zero-order valence-electron chi connectivity index (χ0n) is 12.3. The summed E-state index contributed by atoms with van der Waals surface area (Å²) >= 11 is 0. The zero-order valence-corrected chi connectivity index (χ0v) is 12.3. The van der Waals surface area contributed by atoms with E-state index in [0.717, 1.165) is 0 Å². The van der Waals surface area contributed by atoms with E-state index in [2.05, 4.69) is 0 Å². The zero-order chi connectivity index (χ0) is 16.6. The highest BCUT2D eigenvalue weighted by Gasteiger charge is 2.54. The average molecular weight is 314 g/mol. The largest absolute Gasteiger partial charge is 0.364 e. The molecule has 0 fully saturated rings. The smallest absolute Gasteiger partial charge is 0.277 e. The summed E-state index contributed by atoms with van der Waals surface area (Å²) in [4.78, 5) is 24.8. The number of carbonyl (C=O) groups excluding carboxylic acids is 1. The first kappa shape index (κ1) is 15.1. The summed E-state index contributed by atoms with van der Waals surface area (Å²) in [5.74, 6) is -0.612. The molecule has 1 atom stereocenters. The van der Waals surface area contributed by atoms with Crippen molar-refractivity contribution < 1.29 is 19.6 Å². The second kappa shape index (κ2) is 5.45. The third-order valence-electron chi connectivity index (χ3n) is 3.88. The Kier molecular flexibility index (Phi) is 3.59. The van der Waals surface area contributed by atoms with E-state index in [1.807, 2.05) is 0 Å². The molecule has 0 radical (unpaired) electrons. The van der Waals surface area contributed by atoms with Gasteiger partial charge in [-0.25, -0.2) is 0 Å². The number of benzene rings is 2. The monoisotopic (exact) mass is 314 g/mol. The molecular weight excluding hydrogens is 300 g/mol. The van der Waals surface area contributed by atoms with Crippen LogP contribution in [0.15, 0.2) is 48.5 Å². The SMILES string of the molecule is COCN1c2ccccc2C(=O)C1(O)c1ccccc1[N+](=O)[O-]. The van der Waals surface area contributed by atoms with Crippen LogP contribution in [0.1, 0.15) is 15.9 Å². The number of nitro groups is 1. The van der Waals surface area contributed by atoms with Crippen LogP contribution in [0.25, 0.3) is 0 Å². The molecule has 0 saturated heterocycles. The quantitative estimate of drug-likeness (QED) is 0.686. The molecule has 1 aliphatic heterocycles. The van der Waals surface area contributed by atoms with E-state index in [9.17, 15) is 20.0 Å². The molecule has 1 aliphatic rings. The van der Waals surface area contributed by atoms with E-state index in [0.29, 0.717) is 11.3 Å². The van der Waals surface area contributed by atoms with Crippen molar-refractivity contribution in [1.82, 2.24) is 0 Å². The molecule has 118 valence electrons. The van der Waals surface area contributed by atoms with Gasteiger partial charge in [-0.05, 0) is 18.2 Å². The topological polar surface area (TPSA) is 92.9 Å². The number of aliphatic hydroxyl groups is 1. The normalized spacial score (nSPS) is 19.7. The molecule has 0 aliphatic carbocycles. The third-order valence-corrected chi connectivity index (χ3v) is 3.88. The maximum absolute atomic E-state index is 12.8. The van der Waals surface area contributed by atoms with E-state index in [4.69, 9.17) is 4.74 Å². The summed E-state index contributed by atoms with van der Waals surface area (Å²) in [5.41, 5.74) is -1.81. The molecule has 2 aromatic rings. The number of anilines is 1. The van der Waals surface area contributed by atoms with Crippen molar-refractivity contribution in [3.05, 3.63) is 69.8 Å². The van der Waals surface area contributed by atoms with Gasteiger partial charge in [0.05, 0.1) is 16.2 Å². The highest BCUT2D eigenvalue weighted by atomic mass is 16.6. The van der Waals surface area contributed by atoms with Crippen molar-refractivity contribution in [3.63, 3.8) is 0 Å². The minimum atomic E-state index is -2.18. The molecule has 0 amide bonds. The molecule has 0 saturated carbocycles. The van der Waals surface area contributed by atoms with Crippen LogP contribution in [0.3, 0.4) is 0 Å². The maximum Gasteiger partial charge on any atom is 0.277 e. The number of rotatable bonds is 4. The molecule has 1 unspecified atom stereocenters. The summed E-state index contributed by atoms with van der Waals surface area (Å²) in [6, 6.07) is 12.3. The third kappa shape index (κ3) is 2.09. The van der Waals surface area contributed by atoms with Gasteiger partial charge in [0.25, 0.3) is 5.69 Å². The first-order chi connectivity index (χ1) is 11.0. The van der Waals surface area contributed by atoms with Gasteiger partial charge in [0, 0.05) is 18.7 Å².